The zero-order valence-electron chi connectivity index (χ0n) is 11.1. The average molecular weight is 245 g/mol. The van der Waals surface area contributed by atoms with E-state index >= 15 is 0 Å². The summed E-state index contributed by atoms with van der Waals surface area (Å²) < 4.78 is 7.37. The molecule has 0 saturated carbocycles. The van der Waals surface area contributed by atoms with Crippen LogP contribution in [-0.4, -0.2) is 23.2 Å². The van der Waals surface area contributed by atoms with Crippen molar-refractivity contribution in [1.29, 1.82) is 0 Å². The molecule has 96 valence electrons. The fraction of sp³-hybridized carbons (Fsp3) is 0.357. The summed E-state index contributed by atoms with van der Waals surface area (Å²) in [5, 5.41) is 3.34. The summed E-state index contributed by atoms with van der Waals surface area (Å²) in [5.41, 5.74) is 0.990. The van der Waals surface area contributed by atoms with Gasteiger partial charge >= 0.3 is 0 Å². The average Bonchev–Trinajstić information content (AvgIpc) is 2.84. The number of anilines is 1. The summed E-state index contributed by atoms with van der Waals surface area (Å²) in [5.74, 6) is 2.25. The molecule has 0 amide bonds. The standard InChI is InChI=1S/C14H19N3O/c1-11(2)10-16-14-15-8-9-17(14)12-6-4-5-7-13(12)18-3/h4-9,11H,10H2,1-3H3,(H,15,16). The van der Waals surface area contributed by atoms with Crippen LogP contribution in [0.15, 0.2) is 36.7 Å². The molecule has 0 aliphatic carbocycles. The van der Waals surface area contributed by atoms with Crippen molar-refractivity contribution in [2.24, 2.45) is 5.92 Å². The predicted octanol–water partition coefficient (Wildman–Crippen LogP) is 2.95. The zero-order chi connectivity index (χ0) is 13.0. The minimum atomic E-state index is 0.577. The number of nitrogens with one attached hydrogen (secondary N) is 1. The summed E-state index contributed by atoms with van der Waals surface area (Å²) in [7, 11) is 1.68. The van der Waals surface area contributed by atoms with Crippen LogP contribution in [0.5, 0.6) is 5.75 Å². The summed E-state index contributed by atoms with van der Waals surface area (Å²) in [4.78, 5) is 4.34. The van der Waals surface area contributed by atoms with E-state index in [1.807, 2.05) is 35.0 Å². The lowest BCUT2D eigenvalue weighted by Crippen LogP contribution is -2.12. The minimum Gasteiger partial charge on any atom is -0.495 e. The molecule has 0 bridgehead atoms. The SMILES string of the molecule is COc1ccccc1-n1ccnc1NCC(C)C. The molecule has 0 spiro atoms. The van der Waals surface area contributed by atoms with Gasteiger partial charge in [-0.25, -0.2) is 4.98 Å². The quantitative estimate of drug-likeness (QED) is 0.880. The highest BCUT2D eigenvalue weighted by Gasteiger charge is 2.09. The van der Waals surface area contributed by atoms with Crippen LogP contribution < -0.4 is 10.1 Å². The van der Waals surface area contributed by atoms with Gasteiger partial charge in [0, 0.05) is 18.9 Å². The highest BCUT2D eigenvalue weighted by Crippen LogP contribution is 2.24. The Balaban J connectivity index is 2.30. The lowest BCUT2D eigenvalue weighted by atomic mass is 10.2. The van der Waals surface area contributed by atoms with Gasteiger partial charge in [0.2, 0.25) is 5.95 Å². The van der Waals surface area contributed by atoms with E-state index in [-0.39, 0.29) is 0 Å². The first kappa shape index (κ1) is 12.5. The van der Waals surface area contributed by atoms with E-state index < -0.39 is 0 Å². The maximum atomic E-state index is 5.37. The molecule has 0 unspecified atom stereocenters. The first-order valence-corrected chi connectivity index (χ1v) is 6.13. The van der Waals surface area contributed by atoms with Gasteiger partial charge in [0.15, 0.2) is 0 Å². The van der Waals surface area contributed by atoms with Crippen molar-refractivity contribution in [1.82, 2.24) is 9.55 Å². The van der Waals surface area contributed by atoms with Crippen molar-refractivity contribution < 1.29 is 4.74 Å². The van der Waals surface area contributed by atoms with Gasteiger partial charge in [0.05, 0.1) is 12.8 Å². The van der Waals surface area contributed by atoms with Crippen molar-refractivity contribution in [2.45, 2.75) is 13.8 Å². The number of nitrogens with zero attached hydrogens (tertiary/aromatic N) is 2. The Morgan fingerprint density at radius 2 is 2.11 bits per heavy atom. The molecule has 4 heteroatoms. The van der Waals surface area contributed by atoms with Gasteiger partial charge in [-0.05, 0) is 18.1 Å². The number of imidazole rings is 1. The van der Waals surface area contributed by atoms with E-state index in [1.165, 1.54) is 0 Å². The van der Waals surface area contributed by atoms with E-state index in [4.69, 9.17) is 4.74 Å². The molecule has 1 aromatic heterocycles. The van der Waals surface area contributed by atoms with E-state index in [2.05, 4.69) is 24.1 Å². The van der Waals surface area contributed by atoms with Crippen molar-refractivity contribution in [2.75, 3.05) is 19.0 Å². The maximum Gasteiger partial charge on any atom is 0.207 e. The summed E-state index contributed by atoms with van der Waals surface area (Å²) >= 11 is 0. The largest absolute Gasteiger partial charge is 0.495 e. The van der Waals surface area contributed by atoms with Gasteiger partial charge in [0.1, 0.15) is 5.75 Å². The molecule has 1 N–H and O–H groups in total. The Morgan fingerprint density at radius 1 is 1.33 bits per heavy atom. The van der Waals surface area contributed by atoms with Gasteiger partial charge in [-0.1, -0.05) is 26.0 Å². The van der Waals surface area contributed by atoms with E-state index in [0.717, 1.165) is 23.9 Å². The van der Waals surface area contributed by atoms with Gasteiger partial charge in [0.25, 0.3) is 0 Å². The molecule has 2 rings (SSSR count). The lowest BCUT2D eigenvalue weighted by Gasteiger charge is -2.13. The lowest BCUT2D eigenvalue weighted by molar-refractivity contribution is 0.413. The number of hydrogen-bond acceptors (Lipinski definition) is 3. The van der Waals surface area contributed by atoms with Crippen molar-refractivity contribution in [3.8, 4) is 11.4 Å². The Kier molecular flexibility index (Phi) is 3.87. The zero-order valence-corrected chi connectivity index (χ0v) is 11.1. The number of aromatic nitrogens is 2. The predicted molar refractivity (Wildman–Crippen MR) is 73.4 cm³/mol. The highest BCUT2D eigenvalue weighted by molar-refractivity contribution is 5.51. The first-order valence-electron chi connectivity index (χ1n) is 6.13. The monoisotopic (exact) mass is 245 g/mol. The number of hydrogen-bond donors (Lipinski definition) is 1. The molecule has 18 heavy (non-hydrogen) atoms. The molecule has 2 aromatic rings. The number of benzene rings is 1. The highest BCUT2D eigenvalue weighted by atomic mass is 16.5. The van der Waals surface area contributed by atoms with Gasteiger partial charge in [-0.15, -0.1) is 0 Å². The van der Waals surface area contributed by atoms with Crippen LogP contribution >= 0.6 is 0 Å². The Hall–Kier alpha value is -1.97. The van der Waals surface area contributed by atoms with E-state index in [0.29, 0.717) is 5.92 Å². The normalized spacial score (nSPS) is 10.7. The Bertz CT molecular complexity index is 505. The second kappa shape index (κ2) is 5.58. The molecular formula is C14H19N3O. The molecule has 1 aromatic carbocycles. The molecule has 0 fully saturated rings. The van der Waals surface area contributed by atoms with Gasteiger partial charge in [-0.2, -0.15) is 0 Å². The fourth-order valence-corrected chi connectivity index (χ4v) is 1.75. The summed E-state index contributed by atoms with van der Waals surface area (Å²) in [6.07, 6.45) is 3.72. The first-order chi connectivity index (χ1) is 8.72. The number of para-hydroxylation sites is 2. The van der Waals surface area contributed by atoms with Crippen LogP contribution in [0.4, 0.5) is 5.95 Å². The van der Waals surface area contributed by atoms with Crippen LogP contribution in [-0.2, 0) is 0 Å². The number of rotatable bonds is 5. The molecular weight excluding hydrogens is 226 g/mol. The molecule has 0 saturated heterocycles. The van der Waals surface area contributed by atoms with Gasteiger partial charge < -0.3 is 10.1 Å². The summed E-state index contributed by atoms with van der Waals surface area (Å²) in [6, 6.07) is 7.91. The molecule has 0 aliphatic heterocycles. The Labute approximate surface area is 108 Å². The van der Waals surface area contributed by atoms with Crippen molar-refractivity contribution >= 4 is 5.95 Å². The second-order valence-corrected chi connectivity index (χ2v) is 4.57. The molecule has 0 atom stereocenters. The number of methoxy groups -OCH3 is 1. The van der Waals surface area contributed by atoms with E-state index in [9.17, 15) is 0 Å². The smallest absolute Gasteiger partial charge is 0.207 e. The van der Waals surface area contributed by atoms with Crippen LogP contribution in [0.1, 0.15) is 13.8 Å². The second-order valence-electron chi connectivity index (χ2n) is 4.57. The third kappa shape index (κ3) is 2.64. The van der Waals surface area contributed by atoms with Crippen LogP contribution in [0.25, 0.3) is 5.69 Å². The molecule has 4 nitrogen and oxygen atoms in total. The third-order valence-electron chi connectivity index (χ3n) is 2.65. The van der Waals surface area contributed by atoms with Crippen molar-refractivity contribution in [3.05, 3.63) is 36.7 Å². The minimum absolute atomic E-state index is 0.577. The molecule has 0 aliphatic rings. The van der Waals surface area contributed by atoms with E-state index in [1.54, 1.807) is 13.3 Å². The molecule has 0 radical (unpaired) electrons. The summed E-state index contributed by atoms with van der Waals surface area (Å²) in [6.45, 7) is 5.24. The topological polar surface area (TPSA) is 39.1 Å². The van der Waals surface area contributed by atoms with Crippen LogP contribution in [0, 0.1) is 5.92 Å². The van der Waals surface area contributed by atoms with Crippen LogP contribution in [0.3, 0.4) is 0 Å². The van der Waals surface area contributed by atoms with Crippen molar-refractivity contribution in [3.63, 3.8) is 0 Å². The fourth-order valence-electron chi connectivity index (χ4n) is 1.75. The van der Waals surface area contributed by atoms with Gasteiger partial charge in [-0.3, -0.25) is 4.57 Å². The molecule has 1 heterocycles. The van der Waals surface area contributed by atoms with Crippen LogP contribution in [0.2, 0.25) is 0 Å². The third-order valence-corrected chi connectivity index (χ3v) is 2.65. The Morgan fingerprint density at radius 3 is 2.83 bits per heavy atom. The maximum absolute atomic E-state index is 5.37. The number of ether oxygens (including phenoxy) is 1.